The minimum Gasteiger partial charge on any atom is -0.481 e. The lowest BCUT2D eigenvalue weighted by molar-refractivity contribution is 0.136. The van der Waals surface area contributed by atoms with Gasteiger partial charge in [-0.1, -0.05) is 19.4 Å². The van der Waals surface area contributed by atoms with Crippen LogP contribution >= 0.6 is 0 Å². The number of aromatic nitrogens is 1. The van der Waals surface area contributed by atoms with Gasteiger partial charge in [-0.25, -0.2) is 4.98 Å². The number of pyridine rings is 1. The second kappa shape index (κ2) is 7.46. The van der Waals surface area contributed by atoms with Gasteiger partial charge in [0.05, 0.1) is 12.8 Å². The molecule has 0 bridgehead atoms. The van der Waals surface area contributed by atoms with E-state index < -0.39 is 0 Å². The molecule has 1 aromatic heterocycles. The maximum Gasteiger partial charge on any atom is 0.213 e. The maximum absolute atomic E-state index is 5.19. The first-order chi connectivity index (χ1) is 9.33. The Balaban J connectivity index is 1.97. The van der Waals surface area contributed by atoms with Crippen molar-refractivity contribution in [2.45, 2.75) is 38.8 Å². The number of hydrogen-bond acceptors (Lipinski definition) is 4. The van der Waals surface area contributed by atoms with Crippen LogP contribution in [0.1, 0.15) is 31.9 Å². The fourth-order valence-corrected chi connectivity index (χ4v) is 2.68. The van der Waals surface area contributed by atoms with Gasteiger partial charge in [0.2, 0.25) is 5.88 Å². The third-order valence-electron chi connectivity index (χ3n) is 3.73. The summed E-state index contributed by atoms with van der Waals surface area (Å²) in [6, 6.07) is 6.64. The first kappa shape index (κ1) is 14.3. The molecule has 0 amide bonds. The summed E-state index contributed by atoms with van der Waals surface area (Å²) in [7, 11) is 1.67. The van der Waals surface area contributed by atoms with Gasteiger partial charge in [-0.2, -0.15) is 0 Å². The Bertz CT molecular complexity index is 383. The Labute approximate surface area is 116 Å². The molecule has 1 atom stereocenters. The number of likely N-dealkylation sites (tertiary alicyclic amines) is 1. The van der Waals surface area contributed by atoms with E-state index in [1.807, 2.05) is 12.1 Å². The number of methoxy groups -OCH3 is 1. The quantitative estimate of drug-likeness (QED) is 0.852. The fourth-order valence-electron chi connectivity index (χ4n) is 2.68. The average molecular weight is 263 g/mol. The van der Waals surface area contributed by atoms with Crippen LogP contribution in [0.5, 0.6) is 5.88 Å². The van der Waals surface area contributed by atoms with Crippen molar-refractivity contribution in [3.63, 3.8) is 0 Å². The number of piperidine rings is 1. The van der Waals surface area contributed by atoms with Crippen LogP contribution in [0.15, 0.2) is 18.2 Å². The van der Waals surface area contributed by atoms with Gasteiger partial charge < -0.3 is 10.1 Å². The predicted molar refractivity (Wildman–Crippen MR) is 77.4 cm³/mol. The Morgan fingerprint density at radius 1 is 1.42 bits per heavy atom. The summed E-state index contributed by atoms with van der Waals surface area (Å²) in [5, 5.41) is 3.47. The standard InChI is InChI=1S/C15H25N3O/c1-3-16-11-14-8-4-5-10-18(14)12-13-7-6-9-15(17-13)19-2/h6-7,9,14,16H,3-5,8,10-12H2,1-2H3. The highest BCUT2D eigenvalue weighted by molar-refractivity contribution is 5.15. The maximum atomic E-state index is 5.19. The topological polar surface area (TPSA) is 37.4 Å². The lowest BCUT2D eigenvalue weighted by Crippen LogP contribution is -2.45. The first-order valence-electron chi connectivity index (χ1n) is 7.28. The number of ether oxygens (including phenoxy) is 1. The van der Waals surface area contributed by atoms with Crippen LogP contribution < -0.4 is 10.1 Å². The van der Waals surface area contributed by atoms with Gasteiger partial charge in [0.25, 0.3) is 0 Å². The van der Waals surface area contributed by atoms with Crippen molar-refractivity contribution in [3.8, 4) is 5.88 Å². The largest absolute Gasteiger partial charge is 0.481 e. The van der Waals surface area contributed by atoms with E-state index in [0.29, 0.717) is 11.9 Å². The summed E-state index contributed by atoms with van der Waals surface area (Å²) >= 11 is 0. The van der Waals surface area contributed by atoms with Crippen molar-refractivity contribution >= 4 is 0 Å². The first-order valence-corrected chi connectivity index (χ1v) is 7.28. The fraction of sp³-hybridized carbons (Fsp3) is 0.667. The summed E-state index contributed by atoms with van der Waals surface area (Å²) in [6.45, 7) is 6.39. The van der Waals surface area contributed by atoms with Crippen molar-refractivity contribution in [1.29, 1.82) is 0 Å². The van der Waals surface area contributed by atoms with E-state index in [9.17, 15) is 0 Å². The van der Waals surface area contributed by atoms with Gasteiger partial charge in [-0.05, 0) is 32.0 Å². The molecule has 0 aliphatic carbocycles. The van der Waals surface area contributed by atoms with Crippen LogP contribution in [-0.2, 0) is 6.54 Å². The molecule has 0 spiro atoms. The van der Waals surface area contributed by atoms with E-state index in [-0.39, 0.29) is 0 Å². The van der Waals surface area contributed by atoms with E-state index in [2.05, 4.69) is 28.2 Å². The molecule has 1 fully saturated rings. The normalized spacial score (nSPS) is 20.4. The minimum absolute atomic E-state index is 0.640. The molecule has 0 aromatic carbocycles. The highest BCUT2D eigenvalue weighted by atomic mass is 16.5. The van der Waals surface area contributed by atoms with Crippen LogP contribution in [-0.4, -0.2) is 42.7 Å². The molecule has 1 saturated heterocycles. The summed E-state index contributed by atoms with van der Waals surface area (Å²) in [6.07, 6.45) is 3.93. The summed E-state index contributed by atoms with van der Waals surface area (Å²) < 4.78 is 5.19. The van der Waals surface area contributed by atoms with Gasteiger partial charge in [-0.3, -0.25) is 4.90 Å². The highest BCUT2D eigenvalue weighted by Gasteiger charge is 2.22. The lowest BCUT2D eigenvalue weighted by atomic mass is 10.0. The van der Waals surface area contributed by atoms with Gasteiger partial charge in [0.1, 0.15) is 0 Å². The molecule has 1 aromatic rings. The average Bonchev–Trinajstić information content (AvgIpc) is 2.46. The van der Waals surface area contributed by atoms with E-state index in [1.165, 1.54) is 25.8 Å². The molecule has 2 heterocycles. The smallest absolute Gasteiger partial charge is 0.213 e. The van der Waals surface area contributed by atoms with Gasteiger partial charge in [0, 0.05) is 25.2 Å². The predicted octanol–water partition coefficient (Wildman–Crippen LogP) is 2.05. The molecule has 1 unspecified atom stereocenters. The van der Waals surface area contributed by atoms with Crippen molar-refractivity contribution in [2.24, 2.45) is 0 Å². The van der Waals surface area contributed by atoms with E-state index >= 15 is 0 Å². The van der Waals surface area contributed by atoms with Crippen LogP contribution in [0.4, 0.5) is 0 Å². The summed E-state index contributed by atoms with van der Waals surface area (Å²) in [4.78, 5) is 7.07. The lowest BCUT2D eigenvalue weighted by Gasteiger charge is -2.35. The van der Waals surface area contributed by atoms with Crippen molar-refractivity contribution < 1.29 is 4.74 Å². The van der Waals surface area contributed by atoms with Gasteiger partial charge in [0.15, 0.2) is 0 Å². The zero-order chi connectivity index (χ0) is 13.5. The Morgan fingerprint density at radius 2 is 2.32 bits per heavy atom. The minimum atomic E-state index is 0.640. The van der Waals surface area contributed by atoms with Gasteiger partial charge in [-0.15, -0.1) is 0 Å². The number of hydrogen-bond donors (Lipinski definition) is 1. The van der Waals surface area contributed by atoms with Crippen molar-refractivity contribution in [1.82, 2.24) is 15.2 Å². The Morgan fingerprint density at radius 3 is 3.11 bits per heavy atom. The molecule has 1 N–H and O–H groups in total. The molecule has 19 heavy (non-hydrogen) atoms. The Kier molecular flexibility index (Phi) is 5.61. The molecule has 4 heteroatoms. The van der Waals surface area contributed by atoms with E-state index in [0.717, 1.165) is 25.3 Å². The summed E-state index contributed by atoms with van der Waals surface area (Å²) in [5.41, 5.74) is 1.10. The number of nitrogens with one attached hydrogen (secondary N) is 1. The monoisotopic (exact) mass is 263 g/mol. The highest BCUT2D eigenvalue weighted by Crippen LogP contribution is 2.19. The second-order valence-electron chi connectivity index (χ2n) is 5.10. The number of likely N-dealkylation sites (N-methyl/N-ethyl adjacent to an activating group) is 1. The second-order valence-corrected chi connectivity index (χ2v) is 5.10. The van der Waals surface area contributed by atoms with Crippen LogP contribution in [0.25, 0.3) is 0 Å². The number of nitrogens with zero attached hydrogens (tertiary/aromatic N) is 2. The van der Waals surface area contributed by atoms with Crippen molar-refractivity contribution in [3.05, 3.63) is 23.9 Å². The zero-order valence-corrected chi connectivity index (χ0v) is 12.1. The third kappa shape index (κ3) is 4.18. The third-order valence-corrected chi connectivity index (χ3v) is 3.73. The molecule has 1 aliphatic rings. The van der Waals surface area contributed by atoms with Crippen LogP contribution in [0.3, 0.4) is 0 Å². The molecular formula is C15H25N3O. The Hall–Kier alpha value is -1.13. The molecular weight excluding hydrogens is 238 g/mol. The molecule has 106 valence electrons. The molecule has 1 aliphatic heterocycles. The SMILES string of the molecule is CCNCC1CCCCN1Cc1cccc(OC)n1. The van der Waals surface area contributed by atoms with Crippen molar-refractivity contribution in [2.75, 3.05) is 26.7 Å². The van der Waals surface area contributed by atoms with E-state index in [4.69, 9.17) is 4.74 Å². The molecule has 0 radical (unpaired) electrons. The van der Waals surface area contributed by atoms with Crippen LogP contribution in [0, 0.1) is 0 Å². The zero-order valence-electron chi connectivity index (χ0n) is 12.1. The molecule has 4 nitrogen and oxygen atoms in total. The van der Waals surface area contributed by atoms with E-state index in [1.54, 1.807) is 7.11 Å². The van der Waals surface area contributed by atoms with Gasteiger partial charge >= 0.3 is 0 Å². The number of rotatable bonds is 6. The molecule has 2 rings (SSSR count). The van der Waals surface area contributed by atoms with Crippen LogP contribution in [0.2, 0.25) is 0 Å². The molecule has 0 saturated carbocycles. The summed E-state index contributed by atoms with van der Waals surface area (Å²) in [5.74, 6) is 0.706.